The lowest BCUT2D eigenvalue weighted by Gasteiger charge is -1.96. The summed E-state index contributed by atoms with van der Waals surface area (Å²) in [6, 6.07) is 1.75. The van der Waals surface area contributed by atoms with Crippen molar-refractivity contribution in [1.82, 2.24) is 5.16 Å². The zero-order valence-corrected chi connectivity index (χ0v) is 8.48. The number of rotatable bonds is 3. The highest BCUT2D eigenvalue weighted by atomic mass is 16.5. The summed E-state index contributed by atoms with van der Waals surface area (Å²) >= 11 is 0. The normalized spacial score (nSPS) is 11.4. The molecule has 0 atom stereocenters. The molecule has 0 aliphatic carbocycles. The molecule has 0 amide bonds. The van der Waals surface area contributed by atoms with E-state index in [1.165, 1.54) is 0 Å². The van der Waals surface area contributed by atoms with E-state index in [9.17, 15) is 4.79 Å². The van der Waals surface area contributed by atoms with Crippen molar-refractivity contribution in [3.8, 4) is 0 Å². The summed E-state index contributed by atoms with van der Waals surface area (Å²) in [5, 5.41) is 12.3. The Kier molecular flexibility index (Phi) is 2.22. The molecule has 0 aliphatic heterocycles. The van der Waals surface area contributed by atoms with Gasteiger partial charge in [-0.25, -0.2) is 0 Å². The van der Waals surface area contributed by atoms with Crippen LogP contribution in [0, 0.1) is 0 Å². The van der Waals surface area contributed by atoms with Gasteiger partial charge in [0.2, 0.25) is 5.58 Å². The largest absolute Gasteiger partial charge is 0.481 e. The van der Waals surface area contributed by atoms with Crippen LogP contribution in [0.1, 0.15) is 31.2 Å². The van der Waals surface area contributed by atoms with Gasteiger partial charge in [0, 0.05) is 12.0 Å². The van der Waals surface area contributed by atoms with Crippen molar-refractivity contribution in [1.29, 1.82) is 0 Å². The molecule has 0 unspecified atom stereocenters. The van der Waals surface area contributed by atoms with Crippen LogP contribution in [0.2, 0.25) is 0 Å². The van der Waals surface area contributed by atoms with E-state index in [2.05, 4.69) is 5.16 Å². The van der Waals surface area contributed by atoms with E-state index in [0.29, 0.717) is 16.9 Å². The number of aliphatic carboxylic acids is 1. The fourth-order valence-electron chi connectivity index (χ4n) is 1.35. The minimum Gasteiger partial charge on any atom is -0.481 e. The van der Waals surface area contributed by atoms with Crippen LogP contribution in [0.25, 0.3) is 11.2 Å². The molecule has 15 heavy (non-hydrogen) atoms. The highest BCUT2D eigenvalue weighted by molar-refractivity contribution is 5.79. The molecule has 0 spiro atoms. The number of hydrogen-bond acceptors (Lipinski definition) is 4. The van der Waals surface area contributed by atoms with Crippen LogP contribution < -0.4 is 0 Å². The smallest absolute Gasteiger partial charge is 0.309 e. The molecule has 1 N–H and O–H groups in total. The number of furan rings is 1. The van der Waals surface area contributed by atoms with Crippen molar-refractivity contribution in [3.05, 3.63) is 17.5 Å². The Labute approximate surface area is 85.7 Å². The fraction of sp³-hybridized carbons (Fsp3) is 0.400. The van der Waals surface area contributed by atoms with Gasteiger partial charge >= 0.3 is 5.97 Å². The number of aromatic nitrogens is 1. The number of carbonyl (C=O) groups is 1. The molecule has 5 heteroatoms. The first-order valence-electron chi connectivity index (χ1n) is 4.67. The molecule has 0 bridgehead atoms. The summed E-state index contributed by atoms with van der Waals surface area (Å²) in [6.45, 7) is 3.98. The van der Waals surface area contributed by atoms with Crippen molar-refractivity contribution in [2.24, 2.45) is 0 Å². The lowest BCUT2D eigenvalue weighted by molar-refractivity contribution is -0.136. The standard InChI is InChI=1S/C10H11NO4/c1-5(2)7-4-8-10(14-7)6(11-15-8)3-9(12)13/h4-5H,3H2,1-2H3,(H,12,13). The molecule has 2 heterocycles. The van der Waals surface area contributed by atoms with Gasteiger partial charge < -0.3 is 14.0 Å². The van der Waals surface area contributed by atoms with Crippen LogP contribution in [0.3, 0.4) is 0 Å². The SMILES string of the molecule is CC(C)c1cc2onc(CC(=O)O)c2o1. The molecule has 5 nitrogen and oxygen atoms in total. The summed E-state index contributed by atoms with van der Waals surface area (Å²) in [5.41, 5.74) is 1.29. The Morgan fingerprint density at radius 2 is 2.33 bits per heavy atom. The van der Waals surface area contributed by atoms with E-state index in [-0.39, 0.29) is 12.3 Å². The number of carboxylic acids is 1. The molecule has 2 rings (SSSR count). The number of carboxylic acid groups (broad SMARTS) is 1. The highest BCUT2D eigenvalue weighted by Gasteiger charge is 2.17. The minimum absolute atomic E-state index is 0.182. The van der Waals surface area contributed by atoms with Crippen molar-refractivity contribution >= 4 is 17.1 Å². The van der Waals surface area contributed by atoms with E-state index >= 15 is 0 Å². The van der Waals surface area contributed by atoms with Gasteiger partial charge in [-0.05, 0) is 0 Å². The predicted octanol–water partition coefficient (Wildman–Crippen LogP) is 2.17. The second-order valence-electron chi connectivity index (χ2n) is 3.70. The van der Waals surface area contributed by atoms with Gasteiger partial charge in [0.15, 0.2) is 5.58 Å². The topological polar surface area (TPSA) is 76.5 Å². The number of nitrogens with zero attached hydrogens (tertiary/aromatic N) is 1. The second kappa shape index (κ2) is 3.42. The zero-order chi connectivity index (χ0) is 11.0. The van der Waals surface area contributed by atoms with E-state index in [0.717, 1.165) is 5.76 Å². The van der Waals surface area contributed by atoms with Crippen LogP contribution in [0.4, 0.5) is 0 Å². The third kappa shape index (κ3) is 1.72. The summed E-state index contributed by atoms with van der Waals surface area (Å²) in [6.07, 6.45) is -0.182. The van der Waals surface area contributed by atoms with Crippen molar-refractivity contribution in [2.45, 2.75) is 26.2 Å². The molecule has 0 aliphatic rings. The number of fused-ring (bicyclic) bond motifs is 1. The third-order valence-electron chi connectivity index (χ3n) is 2.12. The fourth-order valence-corrected chi connectivity index (χ4v) is 1.35. The molecule has 0 saturated carbocycles. The van der Waals surface area contributed by atoms with Gasteiger partial charge in [-0.2, -0.15) is 0 Å². The van der Waals surface area contributed by atoms with Gasteiger partial charge in [-0.3, -0.25) is 4.79 Å². The molecule has 0 aromatic carbocycles. The molecule has 0 fully saturated rings. The predicted molar refractivity (Wildman–Crippen MR) is 51.7 cm³/mol. The Morgan fingerprint density at radius 1 is 1.60 bits per heavy atom. The van der Waals surface area contributed by atoms with E-state index in [4.69, 9.17) is 14.0 Å². The molecule has 80 valence electrons. The molecule has 0 radical (unpaired) electrons. The molecule has 2 aromatic rings. The van der Waals surface area contributed by atoms with Gasteiger partial charge in [0.25, 0.3) is 0 Å². The van der Waals surface area contributed by atoms with E-state index < -0.39 is 5.97 Å². The monoisotopic (exact) mass is 209 g/mol. The Hall–Kier alpha value is -1.78. The van der Waals surface area contributed by atoms with E-state index in [1.54, 1.807) is 6.07 Å². The third-order valence-corrected chi connectivity index (χ3v) is 2.12. The Morgan fingerprint density at radius 3 is 2.93 bits per heavy atom. The van der Waals surface area contributed by atoms with Crippen LogP contribution >= 0.6 is 0 Å². The summed E-state index contributed by atoms with van der Waals surface area (Å²) in [5.74, 6) is 0.0655. The Bertz CT molecular complexity index is 494. The van der Waals surface area contributed by atoms with Crippen LogP contribution in [-0.2, 0) is 11.2 Å². The van der Waals surface area contributed by atoms with Crippen molar-refractivity contribution < 1.29 is 18.8 Å². The summed E-state index contributed by atoms with van der Waals surface area (Å²) < 4.78 is 10.5. The quantitative estimate of drug-likeness (QED) is 0.838. The minimum atomic E-state index is -0.951. The van der Waals surface area contributed by atoms with Crippen LogP contribution in [0.5, 0.6) is 0 Å². The Balaban J connectivity index is 2.44. The first-order valence-corrected chi connectivity index (χ1v) is 4.67. The molecule has 0 saturated heterocycles. The maximum absolute atomic E-state index is 10.5. The number of hydrogen-bond donors (Lipinski definition) is 1. The van der Waals surface area contributed by atoms with Crippen molar-refractivity contribution in [2.75, 3.05) is 0 Å². The lowest BCUT2D eigenvalue weighted by atomic mass is 10.2. The lowest BCUT2D eigenvalue weighted by Crippen LogP contribution is -2.00. The summed E-state index contributed by atoms with van der Waals surface area (Å²) in [7, 11) is 0. The zero-order valence-electron chi connectivity index (χ0n) is 8.48. The van der Waals surface area contributed by atoms with Gasteiger partial charge in [-0.15, -0.1) is 0 Å². The van der Waals surface area contributed by atoms with E-state index in [1.807, 2.05) is 13.8 Å². The van der Waals surface area contributed by atoms with Crippen LogP contribution in [-0.4, -0.2) is 16.2 Å². The second-order valence-corrected chi connectivity index (χ2v) is 3.70. The molecular formula is C10H11NO4. The molecule has 2 aromatic heterocycles. The van der Waals surface area contributed by atoms with Gasteiger partial charge in [-0.1, -0.05) is 19.0 Å². The average molecular weight is 209 g/mol. The maximum Gasteiger partial charge on any atom is 0.309 e. The first-order chi connectivity index (χ1) is 7.08. The van der Waals surface area contributed by atoms with Crippen LogP contribution in [0.15, 0.2) is 15.0 Å². The average Bonchev–Trinajstić information content (AvgIpc) is 2.66. The van der Waals surface area contributed by atoms with Gasteiger partial charge in [0.1, 0.15) is 11.5 Å². The maximum atomic E-state index is 10.5. The first kappa shape index (κ1) is 9.76. The molecular weight excluding hydrogens is 198 g/mol. The van der Waals surface area contributed by atoms with Gasteiger partial charge in [0.05, 0.1) is 6.42 Å². The summed E-state index contributed by atoms with van der Waals surface area (Å²) in [4.78, 5) is 10.5. The van der Waals surface area contributed by atoms with Crippen molar-refractivity contribution in [3.63, 3.8) is 0 Å². The highest BCUT2D eigenvalue weighted by Crippen LogP contribution is 2.27.